The van der Waals surface area contributed by atoms with Crippen LogP contribution in [0.1, 0.15) is 33.7 Å². The third-order valence-electron chi connectivity index (χ3n) is 5.23. The third kappa shape index (κ3) is 2.76. The van der Waals surface area contributed by atoms with Crippen LogP contribution in [0.3, 0.4) is 0 Å². The molecule has 2 atom stereocenters. The van der Waals surface area contributed by atoms with E-state index in [1.165, 1.54) is 0 Å². The summed E-state index contributed by atoms with van der Waals surface area (Å²) in [7, 11) is 0. The van der Waals surface area contributed by atoms with Crippen molar-refractivity contribution in [1.29, 1.82) is 0 Å². The maximum absolute atomic E-state index is 13.4. The van der Waals surface area contributed by atoms with Gasteiger partial charge in [-0.1, -0.05) is 48.5 Å². The maximum atomic E-state index is 13.4. The number of para-hydroxylation sites is 1. The predicted octanol–water partition coefficient (Wildman–Crippen LogP) is 5.87. The fourth-order valence-electron chi connectivity index (χ4n) is 3.96. The zero-order chi connectivity index (χ0) is 19.1. The van der Waals surface area contributed by atoms with Crippen molar-refractivity contribution in [3.8, 4) is 5.75 Å². The summed E-state index contributed by atoms with van der Waals surface area (Å²) in [5.41, 5.74) is 4.68. The first-order valence-corrected chi connectivity index (χ1v) is 10.3. The van der Waals surface area contributed by atoms with Crippen molar-refractivity contribution < 1.29 is 9.53 Å². The fourth-order valence-corrected chi connectivity index (χ4v) is 5.30. The molecule has 0 bridgehead atoms. The molecule has 5 rings (SSSR count). The monoisotopic (exact) mass is 385 g/mol. The van der Waals surface area contributed by atoms with E-state index in [4.69, 9.17) is 9.73 Å². The summed E-state index contributed by atoms with van der Waals surface area (Å²) in [6.07, 6.45) is 0. The summed E-state index contributed by atoms with van der Waals surface area (Å²) in [5, 5.41) is -0.0297. The number of hydrogen-bond acceptors (Lipinski definition) is 4. The number of thioether (sulfide) groups is 1. The van der Waals surface area contributed by atoms with Gasteiger partial charge in [-0.3, -0.25) is 9.79 Å². The van der Waals surface area contributed by atoms with Crippen LogP contribution in [0.4, 0.5) is 5.69 Å². The lowest BCUT2D eigenvalue weighted by Crippen LogP contribution is -2.21. The van der Waals surface area contributed by atoms with Crippen LogP contribution < -0.4 is 4.74 Å². The number of ketones is 1. The normalized spacial score (nSPS) is 19.9. The van der Waals surface area contributed by atoms with Crippen LogP contribution in [0.25, 0.3) is 0 Å². The zero-order valence-electron chi connectivity index (χ0n) is 15.5. The van der Waals surface area contributed by atoms with Crippen molar-refractivity contribution in [2.45, 2.75) is 17.1 Å². The van der Waals surface area contributed by atoms with E-state index in [0.717, 1.165) is 38.7 Å². The molecule has 0 N–H and O–H groups in total. The summed E-state index contributed by atoms with van der Waals surface area (Å²) >= 11 is 1.72. The number of hydrogen-bond donors (Lipinski definition) is 0. The molecule has 28 heavy (non-hydrogen) atoms. The molecule has 3 aromatic rings. The highest BCUT2D eigenvalue weighted by Gasteiger charge is 2.44. The second-order valence-corrected chi connectivity index (χ2v) is 8.08. The Labute approximate surface area is 168 Å². The summed E-state index contributed by atoms with van der Waals surface area (Å²) in [4.78, 5) is 19.4. The van der Waals surface area contributed by atoms with Crippen LogP contribution in [0, 0.1) is 5.92 Å². The van der Waals surface area contributed by atoms with Crippen molar-refractivity contribution in [3.05, 3.63) is 89.5 Å². The minimum atomic E-state index is -0.284. The summed E-state index contributed by atoms with van der Waals surface area (Å²) in [5.74, 6) is 0.724. The van der Waals surface area contributed by atoms with Crippen molar-refractivity contribution >= 4 is 28.9 Å². The van der Waals surface area contributed by atoms with Crippen molar-refractivity contribution in [2.75, 3.05) is 6.61 Å². The van der Waals surface area contributed by atoms with E-state index < -0.39 is 0 Å². The highest BCUT2D eigenvalue weighted by molar-refractivity contribution is 7.99. The second kappa shape index (κ2) is 6.95. The first-order valence-electron chi connectivity index (χ1n) is 9.47. The highest BCUT2D eigenvalue weighted by Crippen LogP contribution is 2.51. The smallest absolute Gasteiger partial charge is 0.174 e. The number of carbonyl (C=O) groups is 1. The van der Waals surface area contributed by atoms with E-state index in [0.29, 0.717) is 6.61 Å². The number of nitrogens with zero attached hydrogens (tertiary/aromatic N) is 1. The standard InChI is InChI=1S/C24H19NO2S/c1-2-27-16-13-11-15(12-14-16)24-21-22(17-7-3-4-8-18(17)23(21)26)25-19-9-5-6-10-20(19)28-24/h3-14,21,24H,2H2,1H3. The van der Waals surface area contributed by atoms with Crippen LogP contribution in [0.15, 0.2) is 82.7 Å². The Balaban J connectivity index is 1.66. The molecule has 0 saturated carbocycles. The van der Waals surface area contributed by atoms with Gasteiger partial charge in [-0.15, -0.1) is 11.8 Å². The topological polar surface area (TPSA) is 38.7 Å². The predicted molar refractivity (Wildman–Crippen MR) is 113 cm³/mol. The summed E-state index contributed by atoms with van der Waals surface area (Å²) in [6.45, 7) is 2.61. The number of Topliss-reactive ketones (excluding diaryl/α,β-unsaturated/α-hetero) is 1. The summed E-state index contributed by atoms with van der Waals surface area (Å²) < 4.78 is 5.59. The molecule has 2 aliphatic rings. The lowest BCUT2D eigenvalue weighted by atomic mass is 9.93. The lowest BCUT2D eigenvalue weighted by molar-refractivity contribution is 0.0960. The van der Waals surface area contributed by atoms with Gasteiger partial charge in [-0.05, 0) is 36.8 Å². The van der Waals surface area contributed by atoms with Crippen LogP contribution >= 0.6 is 11.8 Å². The van der Waals surface area contributed by atoms with Gasteiger partial charge in [0.25, 0.3) is 0 Å². The Hall–Kier alpha value is -2.85. The number of aliphatic imine (C=N–C) groups is 1. The minimum Gasteiger partial charge on any atom is -0.494 e. The van der Waals surface area contributed by atoms with Gasteiger partial charge < -0.3 is 4.74 Å². The largest absolute Gasteiger partial charge is 0.494 e. The van der Waals surface area contributed by atoms with Gasteiger partial charge in [-0.2, -0.15) is 0 Å². The van der Waals surface area contributed by atoms with Gasteiger partial charge in [0.1, 0.15) is 5.75 Å². The Morgan fingerprint density at radius 1 is 0.929 bits per heavy atom. The molecule has 0 spiro atoms. The molecule has 0 radical (unpaired) electrons. The van der Waals surface area contributed by atoms with E-state index in [1.54, 1.807) is 11.8 Å². The van der Waals surface area contributed by atoms with Crippen LogP contribution in [-0.4, -0.2) is 18.1 Å². The molecule has 0 aromatic heterocycles. The van der Waals surface area contributed by atoms with Crippen molar-refractivity contribution in [1.82, 2.24) is 0 Å². The Morgan fingerprint density at radius 3 is 2.43 bits per heavy atom. The van der Waals surface area contributed by atoms with Gasteiger partial charge in [0.2, 0.25) is 0 Å². The molecule has 3 nitrogen and oxygen atoms in total. The Morgan fingerprint density at radius 2 is 1.64 bits per heavy atom. The van der Waals surface area contributed by atoms with Crippen LogP contribution in [-0.2, 0) is 0 Å². The SMILES string of the molecule is CCOc1ccc(C2Sc3ccccc3N=C3c4ccccc4C(=O)C32)cc1. The number of carbonyl (C=O) groups excluding carboxylic acids is 1. The number of rotatable bonds is 3. The van der Waals surface area contributed by atoms with Gasteiger partial charge in [0, 0.05) is 16.0 Å². The van der Waals surface area contributed by atoms with E-state index in [2.05, 4.69) is 18.2 Å². The molecule has 4 heteroatoms. The average Bonchev–Trinajstić information content (AvgIpc) is 2.90. The minimum absolute atomic E-state index is 0.0297. The quantitative estimate of drug-likeness (QED) is 0.566. The lowest BCUT2D eigenvalue weighted by Gasteiger charge is -2.21. The molecule has 2 unspecified atom stereocenters. The first-order chi connectivity index (χ1) is 13.8. The van der Waals surface area contributed by atoms with Crippen molar-refractivity contribution in [3.63, 3.8) is 0 Å². The van der Waals surface area contributed by atoms with E-state index in [1.807, 2.05) is 61.5 Å². The first kappa shape index (κ1) is 17.3. The van der Waals surface area contributed by atoms with E-state index in [9.17, 15) is 4.79 Å². The second-order valence-electron chi connectivity index (χ2n) is 6.89. The Bertz CT molecular complexity index is 1090. The van der Waals surface area contributed by atoms with Gasteiger partial charge >= 0.3 is 0 Å². The molecular formula is C24H19NO2S. The van der Waals surface area contributed by atoms with E-state index >= 15 is 0 Å². The molecule has 1 heterocycles. The van der Waals surface area contributed by atoms with Gasteiger partial charge in [0.15, 0.2) is 5.78 Å². The number of ether oxygens (including phenoxy) is 1. The molecule has 3 aromatic carbocycles. The van der Waals surface area contributed by atoms with Crippen molar-refractivity contribution in [2.24, 2.45) is 10.9 Å². The number of fused-ring (bicyclic) bond motifs is 4. The van der Waals surface area contributed by atoms with Crippen LogP contribution in [0.5, 0.6) is 5.75 Å². The molecule has 1 aliphatic heterocycles. The fraction of sp³-hybridized carbons (Fsp3) is 0.167. The average molecular weight is 385 g/mol. The van der Waals surface area contributed by atoms with Gasteiger partial charge in [-0.25, -0.2) is 0 Å². The Kier molecular flexibility index (Phi) is 4.29. The van der Waals surface area contributed by atoms with E-state index in [-0.39, 0.29) is 17.0 Å². The van der Waals surface area contributed by atoms with Crippen LogP contribution in [0.2, 0.25) is 0 Å². The highest BCUT2D eigenvalue weighted by atomic mass is 32.2. The molecule has 0 saturated heterocycles. The third-order valence-corrected chi connectivity index (χ3v) is 6.63. The maximum Gasteiger partial charge on any atom is 0.174 e. The summed E-state index contributed by atoms with van der Waals surface area (Å²) in [6, 6.07) is 24.1. The molecule has 0 amide bonds. The molecular weight excluding hydrogens is 366 g/mol. The molecule has 0 fully saturated rings. The molecule has 138 valence electrons. The zero-order valence-corrected chi connectivity index (χ0v) is 16.3. The number of benzene rings is 3. The van der Waals surface area contributed by atoms with Gasteiger partial charge in [0.05, 0.1) is 29.2 Å². The molecule has 1 aliphatic carbocycles.